The molecular formula is C11H8BrF3O2. The summed E-state index contributed by atoms with van der Waals surface area (Å²) in [7, 11) is 0. The second-order valence-electron chi connectivity index (χ2n) is 4.09. The molecule has 0 atom stereocenters. The Bertz CT molecular complexity index is 498. The van der Waals surface area contributed by atoms with Crippen LogP contribution in [0.5, 0.6) is 0 Å². The lowest BCUT2D eigenvalue weighted by atomic mass is 9.64. The Labute approximate surface area is 104 Å². The van der Waals surface area contributed by atoms with Crippen LogP contribution in [-0.4, -0.2) is 11.1 Å². The number of carboxylic acids is 1. The van der Waals surface area contributed by atoms with Crippen LogP contribution in [0.1, 0.15) is 24.8 Å². The SMILES string of the molecule is O=C(O)C1(c2cc(F)c(Br)c(F)c2F)CCC1. The van der Waals surface area contributed by atoms with Gasteiger partial charge >= 0.3 is 5.97 Å². The average molecular weight is 309 g/mol. The van der Waals surface area contributed by atoms with E-state index in [4.69, 9.17) is 5.11 Å². The van der Waals surface area contributed by atoms with Gasteiger partial charge in [-0.2, -0.15) is 0 Å². The zero-order valence-electron chi connectivity index (χ0n) is 8.57. The van der Waals surface area contributed by atoms with E-state index in [2.05, 4.69) is 15.9 Å². The fraction of sp³-hybridized carbons (Fsp3) is 0.364. The quantitative estimate of drug-likeness (QED) is 0.672. The molecule has 1 saturated carbocycles. The van der Waals surface area contributed by atoms with Crippen LogP contribution in [0.25, 0.3) is 0 Å². The topological polar surface area (TPSA) is 37.3 Å². The molecule has 0 bridgehead atoms. The summed E-state index contributed by atoms with van der Waals surface area (Å²) < 4.78 is 39.8. The highest BCUT2D eigenvalue weighted by Crippen LogP contribution is 2.46. The molecule has 0 spiro atoms. The highest BCUT2D eigenvalue weighted by molar-refractivity contribution is 9.10. The molecule has 0 saturated heterocycles. The van der Waals surface area contributed by atoms with Gasteiger partial charge in [-0.05, 0) is 34.8 Å². The van der Waals surface area contributed by atoms with E-state index >= 15 is 0 Å². The molecule has 1 aliphatic rings. The van der Waals surface area contributed by atoms with Gasteiger partial charge in [-0.1, -0.05) is 6.42 Å². The summed E-state index contributed by atoms with van der Waals surface area (Å²) in [5, 5.41) is 9.09. The molecule has 6 heteroatoms. The lowest BCUT2D eigenvalue weighted by molar-refractivity contribution is -0.147. The molecule has 2 nitrogen and oxygen atoms in total. The maximum atomic E-state index is 13.7. The molecule has 0 heterocycles. The van der Waals surface area contributed by atoms with Crippen molar-refractivity contribution < 1.29 is 23.1 Å². The minimum absolute atomic E-state index is 0.194. The van der Waals surface area contributed by atoms with Crippen molar-refractivity contribution in [2.24, 2.45) is 0 Å². The molecule has 92 valence electrons. The third kappa shape index (κ3) is 1.66. The van der Waals surface area contributed by atoms with Crippen molar-refractivity contribution in [1.29, 1.82) is 0 Å². The lowest BCUT2D eigenvalue weighted by Crippen LogP contribution is -2.43. The maximum absolute atomic E-state index is 13.7. The van der Waals surface area contributed by atoms with Crippen LogP contribution in [0.4, 0.5) is 13.2 Å². The molecule has 1 aromatic rings. The molecule has 0 radical (unpaired) electrons. The lowest BCUT2D eigenvalue weighted by Gasteiger charge is -2.38. The van der Waals surface area contributed by atoms with Gasteiger partial charge in [0.05, 0.1) is 9.89 Å². The predicted octanol–water partition coefficient (Wildman–Crippen LogP) is 3.37. The van der Waals surface area contributed by atoms with Crippen molar-refractivity contribution in [2.75, 3.05) is 0 Å². The first-order valence-electron chi connectivity index (χ1n) is 4.97. The van der Waals surface area contributed by atoms with Gasteiger partial charge in [-0.3, -0.25) is 4.79 Å². The van der Waals surface area contributed by atoms with Crippen molar-refractivity contribution in [3.05, 3.63) is 33.6 Å². The van der Waals surface area contributed by atoms with Crippen molar-refractivity contribution in [3.63, 3.8) is 0 Å². The Morgan fingerprint density at radius 3 is 2.29 bits per heavy atom. The van der Waals surface area contributed by atoms with E-state index in [0.29, 0.717) is 6.42 Å². The zero-order chi connectivity index (χ0) is 12.8. The highest BCUT2D eigenvalue weighted by Gasteiger charge is 2.48. The van der Waals surface area contributed by atoms with E-state index in [1.165, 1.54) is 0 Å². The first-order chi connectivity index (χ1) is 7.90. The molecule has 17 heavy (non-hydrogen) atoms. The van der Waals surface area contributed by atoms with Crippen LogP contribution in [0.2, 0.25) is 0 Å². The molecule has 1 aliphatic carbocycles. The van der Waals surface area contributed by atoms with Crippen LogP contribution in [0, 0.1) is 17.5 Å². The van der Waals surface area contributed by atoms with Gasteiger partial charge < -0.3 is 5.11 Å². The highest BCUT2D eigenvalue weighted by atomic mass is 79.9. The monoisotopic (exact) mass is 308 g/mol. The van der Waals surface area contributed by atoms with E-state index < -0.39 is 38.9 Å². The first kappa shape index (κ1) is 12.4. The standard InChI is InChI=1S/C11H8BrF3O2/c12-7-6(13)4-5(8(14)9(7)15)11(10(16)17)2-1-3-11/h4H,1-3H2,(H,16,17). The van der Waals surface area contributed by atoms with E-state index in [1.807, 2.05) is 0 Å². The van der Waals surface area contributed by atoms with E-state index in [9.17, 15) is 18.0 Å². The Hall–Kier alpha value is -1.04. The molecule has 0 amide bonds. The second-order valence-corrected chi connectivity index (χ2v) is 4.88. The minimum Gasteiger partial charge on any atom is -0.481 e. The molecule has 1 aromatic carbocycles. The van der Waals surface area contributed by atoms with Gasteiger partial charge in [0.2, 0.25) is 0 Å². The summed E-state index contributed by atoms with van der Waals surface area (Å²) in [6.45, 7) is 0. The van der Waals surface area contributed by atoms with Crippen molar-refractivity contribution in [3.8, 4) is 0 Å². The van der Waals surface area contributed by atoms with Crippen molar-refractivity contribution >= 4 is 21.9 Å². The predicted molar refractivity (Wildman–Crippen MR) is 57.2 cm³/mol. The Balaban J connectivity index is 2.64. The average Bonchev–Trinajstić information content (AvgIpc) is 2.20. The third-order valence-corrected chi connectivity index (χ3v) is 3.96. The second kappa shape index (κ2) is 4.01. The number of aliphatic carboxylic acids is 1. The van der Waals surface area contributed by atoms with Gasteiger partial charge in [0.25, 0.3) is 0 Å². The van der Waals surface area contributed by atoms with E-state index in [-0.39, 0.29) is 12.8 Å². The number of benzene rings is 1. The normalized spacial score (nSPS) is 17.6. The fourth-order valence-corrected chi connectivity index (χ4v) is 2.34. The molecule has 1 N–H and O–H groups in total. The van der Waals surface area contributed by atoms with Gasteiger partial charge in [0, 0.05) is 5.56 Å². The number of hydrogen-bond donors (Lipinski definition) is 1. The number of carboxylic acid groups (broad SMARTS) is 1. The van der Waals surface area contributed by atoms with Gasteiger partial charge in [0.1, 0.15) is 5.82 Å². The minimum atomic E-state index is -1.48. The zero-order valence-corrected chi connectivity index (χ0v) is 10.2. The van der Waals surface area contributed by atoms with Crippen LogP contribution in [-0.2, 0) is 10.2 Å². The Kier molecular flexibility index (Phi) is 2.93. The summed E-state index contributed by atoms with van der Waals surface area (Å²) in [6.07, 6.45) is 0.991. The summed E-state index contributed by atoms with van der Waals surface area (Å²) in [5.41, 5.74) is -1.89. The molecule has 1 fully saturated rings. The molecule has 0 aromatic heterocycles. The molecular weight excluding hydrogens is 301 g/mol. The first-order valence-corrected chi connectivity index (χ1v) is 5.76. The number of carbonyl (C=O) groups is 1. The van der Waals surface area contributed by atoms with Gasteiger partial charge in [-0.15, -0.1) is 0 Å². The molecule has 0 unspecified atom stereocenters. The van der Waals surface area contributed by atoms with Crippen LogP contribution in [0.15, 0.2) is 10.5 Å². The number of hydrogen-bond acceptors (Lipinski definition) is 1. The third-order valence-electron chi connectivity index (χ3n) is 3.23. The van der Waals surface area contributed by atoms with Crippen LogP contribution in [0.3, 0.4) is 0 Å². The van der Waals surface area contributed by atoms with E-state index in [0.717, 1.165) is 6.07 Å². The summed E-state index contributed by atoms with van der Waals surface area (Å²) in [6, 6.07) is 0.760. The molecule has 2 rings (SSSR count). The van der Waals surface area contributed by atoms with E-state index in [1.54, 1.807) is 0 Å². The fourth-order valence-electron chi connectivity index (χ4n) is 2.05. The van der Waals surface area contributed by atoms with Crippen molar-refractivity contribution in [2.45, 2.75) is 24.7 Å². The number of halogens is 4. The van der Waals surface area contributed by atoms with Crippen LogP contribution >= 0.6 is 15.9 Å². The summed E-state index contributed by atoms with van der Waals surface area (Å²) >= 11 is 2.57. The maximum Gasteiger partial charge on any atom is 0.314 e. The summed E-state index contributed by atoms with van der Waals surface area (Å²) in [5.74, 6) is -4.91. The Morgan fingerprint density at radius 1 is 1.29 bits per heavy atom. The van der Waals surface area contributed by atoms with Gasteiger partial charge in [-0.25, -0.2) is 13.2 Å². The molecule has 0 aliphatic heterocycles. The van der Waals surface area contributed by atoms with Gasteiger partial charge in [0.15, 0.2) is 11.6 Å². The number of rotatable bonds is 2. The largest absolute Gasteiger partial charge is 0.481 e. The van der Waals surface area contributed by atoms with Crippen molar-refractivity contribution in [1.82, 2.24) is 0 Å². The summed E-state index contributed by atoms with van der Waals surface area (Å²) in [4.78, 5) is 11.1. The smallest absolute Gasteiger partial charge is 0.314 e. The Morgan fingerprint density at radius 2 is 1.88 bits per heavy atom. The van der Waals surface area contributed by atoms with Crippen LogP contribution < -0.4 is 0 Å².